The summed E-state index contributed by atoms with van der Waals surface area (Å²) in [5, 5.41) is 12.1. The Morgan fingerprint density at radius 1 is 1.10 bits per heavy atom. The highest BCUT2D eigenvalue weighted by Crippen LogP contribution is 2.27. The molecule has 1 N–H and O–H groups in total. The molecule has 0 saturated heterocycles. The van der Waals surface area contributed by atoms with Crippen molar-refractivity contribution in [2.75, 3.05) is 11.1 Å². The van der Waals surface area contributed by atoms with Crippen LogP contribution in [0.15, 0.2) is 41.6 Å². The van der Waals surface area contributed by atoms with Crippen LogP contribution in [0.5, 0.6) is 5.75 Å². The molecular formula is C23H28N4O2S. The zero-order valence-electron chi connectivity index (χ0n) is 18.3. The second-order valence-corrected chi connectivity index (χ2v) is 8.44. The fraction of sp³-hybridized carbons (Fsp3) is 0.348. The molecule has 2 aromatic carbocycles. The van der Waals surface area contributed by atoms with Crippen molar-refractivity contribution in [1.29, 1.82) is 0 Å². The molecule has 158 valence electrons. The summed E-state index contributed by atoms with van der Waals surface area (Å²) in [7, 11) is 1.89. The molecule has 0 aliphatic heterocycles. The monoisotopic (exact) mass is 424 g/mol. The van der Waals surface area contributed by atoms with Crippen LogP contribution in [0.3, 0.4) is 0 Å². The first-order chi connectivity index (χ1) is 14.3. The van der Waals surface area contributed by atoms with Gasteiger partial charge in [0.15, 0.2) is 17.1 Å². The van der Waals surface area contributed by atoms with Crippen LogP contribution in [-0.4, -0.2) is 26.4 Å². The SMILES string of the molecule is Cc1ccc(NC(=O)CSc2nnc(C(C)Oc3cccc(C)c3C)n2C)cc1C. The second kappa shape index (κ2) is 9.34. The number of aryl methyl sites for hydroxylation is 3. The van der Waals surface area contributed by atoms with E-state index < -0.39 is 0 Å². The summed E-state index contributed by atoms with van der Waals surface area (Å²) in [6, 6.07) is 11.9. The van der Waals surface area contributed by atoms with Crippen molar-refractivity contribution >= 4 is 23.4 Å². The number of rotatable bonds is 7. The average Bonchev–Trinajstić information content (AvgIpc) is 3.07. The van der Waals surface area contributed by atoms with Crippen molar-refractivity contribution in [3.63, 3.8) is 0 Å². The Labute approximate surface area is 182 Å². The van der Waals surface area contributed by atoms with Gasteiger partial charge in [-0.05, 0) is 75.1 Å². The van der Waals surface area contributed by atoms with Gasteiger partial charge in [-0.1, -0.05) is 30.0 Å². The number of aromatic nitrogens is 3. The third-order valence-corrected chi connectivity index (χ3v) is 6.23. The number of nitrogens with zero attached hydrogens (tertiary/aromatic N) is 3. The highest BCUT2D eigenvalue weighted by Gasteiger charge is 2.19. The van der Waals surface area contributed by atoms with Crippen molar-refractivity contribution in [3.8, 4) is 5.75 Å². The Kier molecular flexibility index (Phi) is 6.82. The summed E-state index contributed by atoms with van der Waals surface area (Å²) in [5.74, 6) is 1.73. The van der Waals surface area contributed by atoms with Crippen LogP contribution < -0.4 is 10.1 Å². The molecule has 1 aromatic heterocycles. The highest BCUT2D eigenvalue weighted by molar-refractivity contribution is 7.99. The van der Waals surface area contributed by atoms with E-state index in [-0.39, 0.29) is 17.8 Å². The molecule has 0 saturated carbocycles. The Hall–Kier alpha value is -2.80. The maximum absolute atomic E-state index is 12.3. The molecule has 6 nitrogen and oxygen atoms in total. The Bertz CT molecular complexity index is 1060. The van der Waals surface area contributed by atoms with Crippen molar-refractivity contribution < 1.29 is 9.53 Å². The minimum Gasteiger partial charge on any atom is -0.482 e. The molecule has 3 aromatic rings. The quantitative estimate of drug-likeness (QED) is 0.545. The molecule has 1 atom stereocenters. The lowest BCUT2D eigenvalue weighted by Gasteiger charge is -2.16. The van der Waals surface area contributed by atoms with Gasteiger partial charge < -0.3 is 14.6 Å². The van der Waals surface area contributed by atoms with Gasteiger partial charge in [-0.2, -0.15) is 0 Å². The van der Waals surface area contributed by atoms with Crippen LogP contribution in [0.4, 0.5) is 5.69 Å². The van der Waals surface area contributed by atoms with Crippen LogP contribution >= 0.6 is 11.8 Å². The van der Waals surface area contributed by atoms with Crippen LogP contribution in [0, 0.1) is 27.7 Å². The van der Waals surface area contributed by atoms with Gasteiger partial charge in [-0.3, -0.25) is 4.79 Å². The topological polar surface area (TPSA) is 69.0 Å². The van der Waals surface area contributed by atoms with Crippen LogP contribution in [0.2, 0.25) is 0 Å². The molecule has 1 heterocycles. The minimum absolute atomic E-state index is 0.0764. The molecule has 7 heteroatoms. The molecule has 0 fully saturated rings. The van der Waals surface area contributed by atoms with Gasteiger partial charge in [-0.25, -0.2) is 0 Å². The number of ether oxygens (including phenoxy) is 1. The first-order valence-electron chi connectivity index (χ1n) is 9.88. The van der Waals surface area contributed by atoms with Gasteiger partial charge in [0.25, 0.3) is 0 Å². The molecule has 0 radical (unpaired) electrons. The minimum atomic E-state index is -0.262. The van der Waals surface area contributed by atoms with E-state index >= 15 is 0 Å². The summed E-state index contributed by atoms with van der Waals surface area (Å²) in [6.07, 6.45) is -0.262. The summed E-state index contributed by atoms with van der Waals surface area (Å²) in [6.45, 7) is 10.1. The summed E-state index contributed by atoms with van der Waals surface area (Å²) >= 11 is 1.35. The smallest absolute Gasteiger partial charge is 0.234 e. The third kappa shape index (κ3) is 5.02. The van der Waals surface area contributed by atoms with E-state index in [0.717, 1.165) is 22.6 Å². The van der Waals surface area contributed by atoms with Gasteiger partial charge >= 0.3 is 0 Å². The number of benzene rings is 2. The van der Waals surface area contributed by atoms with Crippen molar-refractivity contribution in [2.24, 2.45) is 7.05 Å². The number of hydrogen-bond acceptors (Lipinski definition) is 5. The first-order valence-corrected chi connectivity index (χ1v) is 10.9. The number of carbonyl (C=O) groups excluding carboxylic acids is 1. The molecule has 0 aliphatic rings. The molecule has 0 bridgehead atoms. The van der Waals surface area contributed by atoms with Gasteiger partial charge in [0.2, 0.25) is 5.91 Å². The lowest BCUT2D eigenvalue weighted by molar-refractivity contribution is -0.113. The van der Waals surface area contributed by atoms with Gasteiger partial charge in [0.05, 0.1) is 5.75 Å². The number of nitrogens with one attached hydrogen (secondary N) is 1. The maximum Gasteiger partial charge on any atom is 0.234 e. The van der Waals surface area contributed by atoms with Crippen LogP contribution in [0.1, 0.15) is 41.1 Å². The lowest BCUT2D eigenvalue weighted by atomic mass is 10.1. The number of amides is 1. The normalized spacial score (nSPS) is 11.9. The molecule has 1 amide bonds. The van der Waals surface area contributed by atoms with E-state index in [1.165, 1.54) is 22.9 Å². The van der Waals surface area contributed by atoms with Gasteiger partial charge in [0.1, 0.15) is 5.75 Å². The average molecular weight is 425 g/mol. The van der Waals surface area contributed by atoms with E-state index in [4.69, 9.17) is 4.74 Å². The zero-order valence-corrected chi connectivity index (χ0v) is 19.1. The van der Waals surface area contributed by atoms with Crippen LogP contribution in [-0.2, 0) is 11.8 Å². The predicted molar refractivity (Wildman–Crippen MR) is 121 cm³/mol. The van der Waals surface area contributed by atoms with Crippen molar-refractivity contribution in [2.45, 2.75) is 45.9 Å². The highest BCUT2D eigenvalue weighted by atomic mass is 32.2. The molecule has 1 unspecified atom stereocenters. The number of carbonyl (C=O) groups is 1. The van der Waals surface area contributed by atoms with Crippen molar-refractivity contribution in [3.05, 3.63) is 64.5 Å². The molecule has 3 rings (SSSR count). The van der Waals surface area contributed by atoms with E-state index in [1.54, 1.807) is 0 Å². The number of anilines is 1. The Morgan fingerprint density at radius 2 is 1.87 bits per heavy atom. The fourth-order valence-electron chi connectivity index (χ4n) is 3.05. The fourth-order valence-corrected chi connectivity index (χ4v) is 3.77. The summed E-state index contributed by atoms with van der Waals surface area (Å²) < 4.78 is 8.00. The number of thioether (sulfide) groups is 1. The maximum atomic E-state index is 12.3. The molecular weight excluding hydrogens is 396 g/mol. The van der Waals surface area contributed by atoms with Crippen LogP contribution in [0.25, 0.3) is 0 Å². The Morgan fingerprint density at radius 3 is 2.60 bits per heavy atom. The van der Waals surface area contributed by atoms with E-state index in [9.17, 15) is 4.79 Å². The predicted octanol–water partition coefficient (Wildman–Crippen LogP) is 4.92. The largest absolute Gasteiger partial charge is 0.482 e. The molecule has 0 aliphatic carbocycles. The van der Waals surface area contributed by atoms with Crippen molar-refractivity contribution in [1.82, 2.24) is 14.8 Å². The third-order valence-electron chi connectivity index (χ3n) is 5.21. The standard InChI is InChI=1S/C23H28N4O2S/c1-14-10-11-19(12-16(14)3)24-21(28)13-30-23-26-25-22(27(23)6)18(5)29-20-9-7-8-15(2)17(20)4/h7-12,18H,13H2,1-6H3,(H,24,28). The van der Waals surface area contributed by atoms with E-state index in [2.05, 4.69) is 28.5 Å². The number of hydrogen-bond donors (Lipinski definition) is 1. The molecule has 0 spiro atoms. The second-order valence-electron chi connectivity index (χ2n) is 7.49. The van der Waals surface area contributed by atoms with E-state index in [1.807, 2.05) is 69.6 Å². The summed E-state index contributed by atoms with van der Waals surface area (Å²) in [5.41, 5.74) is 5.45. The van der Waals surface area contributed by atoms with Gasteiger partial charge in [-0.15, -0.1) is 10.2 Å². The lowest BCUT2D eigenvalue weighted by Crippen LogP contribution is -2.15. The summed E-state index contributed by atoms with van der Waals surface area (Å²) in [4.78, 5) is 12.3. The van der Waals surface area contributed by atoms with E-state index in [0.29, 0.717) is 11.0 Å². The zero-order chi connectivity index (χ0) is 21.8. The van der Waals surface area contributed by atoms with Gasteiger partial charge in [0, 0.05) is 12.7 Å². The molecule has 30 heavy (non-hydrogen) atoms. The first kappa shape index (κ1) is 21.9. The Balaban J connectivity index is 1.61.